The first kappa shape index (κ1) is 22.3. The fourth-order valence-corrected chi connectivity index (χ4v) is 3.90. The fourth-order valence-electron chi connectivity index (χ4n) is 3.90. The molecule has 4 rings (SSSR count). The molecule has 2 aliphatic heterocycles. The molecule has 0 saturated carbocycles. The highest BCUT2D eigenvalue weighted by atomic mass is 16.2. The summed E-state index contributed by atoms with van der Waals surface area (Å²) in [5, 5.41) is 6.23. The standard InChI is InChI=1S/C23H26N6O4/c1-23(17-8-4-2-5-9-17)20(31)29(22(33)25-23)26-19(30)16-27-12-14-28(15-13-27)21(32)24-18-10-6-3-7-11-18/h2-11H,12-16H2,1H3,(H,24,32)(H,25,33)(H,26,30)/t23-/m1/s1. The Balaban J connectivity index is 1.27. The minimum absolute atomic E-state index is 0.00720. The number of anilines is 1. The van der Waals surface area contributed by atoms with E-state index in [2.05, 4.69) is 16.1 Å². The third-order valence-corrected chi connectivity index (χ3v) is 5.83. The van der Waals surface area contributed by atoms with Crippen LogP contribution in [0.5, 0.6) is 0 Å². The lowest BCUT2D eigenvalue weighted by Crippen LogP contribution is -2.54. The van der Waals surface area contributed by atoms with E-state index in [-0.39, 0.29) is 12.6 Å². The third kappa shape index (κ3) is 4.80. The topological polar surface area (TPSA) is 114 Å². The maximum atomic E-state index is 12.9. The summed E-state index contributed by atoms with van der Waals surface area (Å²) in [6, 6.07) is 17.2. The minimum atomic E-state index is -1.25. The summed E-state index contributed by atoms with van der Waals surface area (Å²) in [6.07, 6.45) is 0. The van der Waals surface area contributed by atoms with Crippen LogP contribution in [0, 0.1) is 0 Å². The van der Waals surface area contributed by atoms with E-state index in [1.807, 2.05) is 41.3 Å². The second kappa shape index (κ2) is 9.29. The molecule has 2 heterocycles. The van der Waals surface area contributed by atoms with Gasteiger partial charge in [0.05, 0.1) is 6.54 Å². The average Bonchev–Trinajstić information content (AvgIpc) is 3.04. The number of nitrogens with one attached hydrogen (secondary N) is 3. The summed E-state index contributed by atoms with van der Waals surface area (Å²) in [7, 11) is 0. The molecule has 2 aromatic rings. The average molecular weight is 450 g/mol. The largest absolute Gasteiger partial charge is 0.344 e. The maximum Gasteiger partial charge on any atom is 0.344 e. The number of carbonyl (C=O) groups excluding carboxylic acids is 4. The van der Waals surface area contributed by atoms with Crippen LogP contribution >= 0.6 is 0 Å². The molecule has 2 fully saturated rings. The Kier molecular flexibility index (Phi) is 6.27. The Bertz CT molecular complexity index is 1040. The van der Waals surface area contributed by atoms with Crippen molar-refractivity contribution in [3.05, 3.63) is 66.2 Å². The van der Waals surface area contributed by atoms with Crippen LogP contribution in [0.25, 0.3) is 0 Å². The molecule has 0 spiro atoms. The highest BCUT2D eigenvalue weighted by Gasteiger charge is 2.50. The van der Waals surface area contributed by atoms with Crippen molar-refractivity contribution in [3.63, 3.8) is 0 Å². The zero-order valence-corrected chi connectivity index (χ0v) is 18.3. The van der Waals surface area contributed by atoms with Crippen LogP contribution in [0.3, 0.4) is 0 Å². The van der Waals surface area contributed by atoms with Crippen molar-refractivity contribution in [2.45, 2.75) is 12.5 Å². The number of benzene rings is 2. The predicted octanol–water partition coefficient (Wildman–Crippen LogP) is 1.33. The molecule has 3 N–H and O–H groups in total. The fraction of sp³-hybridized carbons (Fsp3) is 0.304. The van der Waals surface area contributed by atoms with Crippen molar-refractivity contribution in [1.29, 1.82) is 0 Å². The van der Waals surface area contributed by atoms with Gasteiger partial charge in [-0.1, -0.05) is 48.5 Å². The monoisotopic (exact) mass is 450 g/mol. The Hall–Kier alpha value is -3.92. The number of piperazine rings is 1. The molecule has 172 valence electrons. The predicted molar refractivity (Wildman–Crippen MR) is 121 cm³/mol. The second-order valence-corrected chi connectivity index (χ2v) is 8.16. The van der Waals surface area contributed by atoms with Crippen LogP contribution in [0.2, 0.25) is 0 Å². The van der Waals surface area contributed by atoms with E-state index in [1.54, 1.807) is 36.1 Å². The van der Waals surface area contributed by atoms with E-state index in [1.165, 1.54) is 0 Å². The Labute approximate surface area is 191 Å². The van der Waals surface area contributed by atoms with Gasteiger partial charge < -0.3 is 15.5 Å². The van der Waals surface area contributed by atoms with Gasteiger partial charge in [-0.05, 0) is 24.6 Å². The molecule has 0 bridgehead atoms. The molecule has 0 aromatic heterocycles. The molecule has 6 amide bonds. The Morgan fingerprint density at radius 3 is 2.18 bits per heavy atom. The SMILES string of the molecule is C[C@]1(c2ccccc2)NC(=O)N(NC(=O)CN2CCN(C(=O)Nc3ccccc3)CC2)C1=O. The highest BCUT2D eigenvalue weighted by Crippen LogP contribution is 2.27. The van der Waals surface area contributed by atoms with E-state index in [0.717, 1.165) is 10.7 Å². The highest BCUT2D eigenvalue weighted by molar-refractivity contribution is 6.08. The number of nitrogens with zero attached hydrogens (tertiary/aromatic N) is 3. The van der Waals surface area contributed by atoms with Crippen molar-refractivity contribution in [2.75, 3.05) is 38.0 Å². The summed E-state index contributed by atoms with van der Waals surface area (Å²) < 4.78 is 0. The van der Waals surface area contributed by atoms with Crippen LogP contribution in [-0.2, 0) is 15.1 Å². The van der Waals surface area contributed by atoms with Gasteiger partial charge in [0.1, 0.15) is 5.54 Å². The van der Waals surface area contributed by atoms with E-state index in [9.17, 15) is 19.2 Å². The minimum Gasteiger partial charge on any atom is -0.322 e. The molecule has 10 heteroatoms. The lowest BCUT2D eigenvalue weighted by atomic mass is 9.92. The van der Waals surface area contributed by atoms with Crippen LogP contribution in [0.1, 0.15) is 12.5 Å². The quantitative estimate of drug-likeness (QED) is 0.595. The van der Waals surface area contributed by atoms with Gasteiger partial charge in [0.15, 0.2) is 0 Å². The number of hydrogen-bond acceptors (Lipinski definition) is 5. The lowest BCUT2D eigenvalue weighted by molar-refractivity contribution is -0.139. The lowest BCUT2D eigenvalue weighted by Gasteiger charge is -2.34. The summed E-state index contributed by atoms with van der Waals surface area (Å²) in [6.45, 7) is 3.53. The van der Waals surface area contributed by atoms with E-state index in [0.29, 0.717) is 31.7 Å². The number of para-hydroxylation sites is 1. The number of amides is 6. The number of urea groups is 2. The maximum absolute atomic E-state index is 12.9. The van der Waals surface area contributed by atoms with E-state index in [4.69, 9.17) is 0 Å². The summed E-state index contributed by atoms with van der Waals surface area (Å²) >= 11 is 0. The molecule has 0 unspecified atom stereocenters. The van der Waals surface area contributed by atoms with Crippen molar-refractivity contribution < 1.29 is 19.2 Å². The van der Waals surface area contributed by atoms with Gasteiger partial charge in [0.25, 0.3) is 11.8 Å². The number of imide groups is 1. The normalized spacial score (nSPS) is 21.0. The molecule has 10 nitrogen and oxygen atoms in total. The van der Waals surface area contributed by atoms with Gasteiger partial charge in [-0.25, -0.2) is 9.59 Å². The Morgan fingerprint density at radius 1 is 0.939 bits per heavy atom. The molecule has 0 radical (unpaired) electrons. The van der Waals surface area contributed by atoms with Gasteiger partial charge >= 0.3 is 12.1 Å². The van der Waals surface area contributed by atoms with Crippen LogP contribution in [-0.4, -0.2) is 71.4 Å². The molecule has 2 aromatic carbocycles. The van der Waals surface area contributed by atoms with E-state index >= 15 is 0 Å². The van der Waals surface area contributed by atoms with Crippen LogP contribution in [0.4, 0.5) is 15.3 Å². The molecular weight excluding hydrogens is 424 g/mol. The van der Waals surface area contributed by atoms with Gasteiger partial charge in [0, 0.05) is 31.9 Å². The van der Waals surface area contributed by atoms with Gasteiger partial charge in [-0.2, -0.15) is 5.01 Å². The first-order valence-corrected chi connectivity index (χ1v) is 10.7. The number of rotatable bonds is 5. The van der Waals surface area contributed by atoms with Crippen LogP contribution in [0.15, 0.2) is 60.7 Å². The first-order chi connectivity index (χ1) is 15.9. The molecule has 33 heavy (non-hydrogen) atoms. The second-order valence-electron chi connectivity index (χ2n) is 8.16. The third-order valence-electron chi connectivity index (χ3n) is 5.83. The summed E-state index contributed by atoms with van der Waals surface area (Å²) in [4.78, 5) is 53.8. The zero-order chi connectivity index (χ0) is 23.4. The van der Waals surface area contributed by atoms with E-state index < -0.39 is 23.4 Å². The van der Waals surface area contributed by atoms with Crippen LogP contribution < -0.4 is 16.1 Å². The molecular formula is C23H26N6O4. The Morgan fingerprint density at radius 2 is 1.55 bits per heavy atom. The molecule has 0 aliphatic carbocycles. The van der Waals surface area contributed by atoms with Gasteiger partial charge in [-0.3, -0.25) is 19.9 Å². The smallest absolute Gasteiger partial charge is 0.322 e. The zero-order valence-electron chi connectivity index (χ0n) is 18.3. The molecule has 1 atom stereocenters. The van der Waals surface area contributed by atoms with Gasteiger partial charge in [0.2, 0.25) is 0 Å². The van der Waals surface area contributed by atoms with Gasteiger partial charge in [-0.15, -0.1) is 0 Å². The summed E-state index contributed by atoms with van der Waals surface area (Å²) in [5.74, 6) is -1.02. The first-order valence-electron chi connectivity index (χ1n) is 10.7. The number of carbonyl (C=O) groups is 4. The number of hydrazine groups is 1. The van der Waals surface area contributed by atoms with Crippen molar-refractivity contribution in [3.8, 4) is 0 Å². The van der Waals surface area contributed by atoms with Crippen molar-refractivity contribution in [1.82, 2.24) is 25.6 Å². The molecule has 2 saturated heterocycles. The molecule has 2 aliphatic rings. The van der Waals surface area contributed by atoms with Crippen molar-refractivity contribution in [2.24, 2.45) is 0 Å². The number of hydrogen-bond donors (Lipinski definition) is 3. The summed E-state index contributed by atoms with van der Waals surface area (Å²) in [5.41, 5.74) is 2.52. The van der Waals surface area contributed by atoms with Crippen molar-refractivity contribution >= 4 is 29.6 Å².